The number of amides is 1. The Bertz CT molecular complexity index is 416. The van der Waals surface area contributed by atoms with Crippen LogP contribution in [0.15, 0.2) is 18.2 Å². The number of ether oxygens (including phenoxy) is 1. The predicted octanol–water partition coefficient (Wildman–Crippen LogP) is 1.76. The SMILES string of the molecule is CC(C)CNCc1ccc2c(c1)NC(=O)CO2. The molecular weight excluding hydrogens is 216 g/mol. The van der Waals surface area contributed by atoms with Gasteiger partial charge in [0.1, 0.15) is 5.75 Å². The Labute approximate surface area is 101 Å². The predicted molar refractivity (Wildman–Crippen MR) is 67.1 cm³/mol. The molecular formula is C13H18N2O2. The molecule has 2 rings (SSSR count). The minimum absolute atomic E-state index is 0.0928. The summed E-state index contributed by atoms with van der Waals surface area (Å²) in [7, 11) is 0. The number of carbonyl (C=O) groups excluding carboxylic acids is 1. The zero-order chi connectivity index (χ0) is 12.3. The van der Waals surface area contributed by atoms with Gasteiger partial charge in [-0.15, -0.1) is 0 Å². The number of hydrogen-bond acceptors (Lipinski definition) is 3. The highest BCUT2D eigenvalue weighted by molar-refractivity contribution is 5.95. The van der Waals surface area contributed by atoms with Crippen molar-refractivity contribution in [3.63, 3.8) is 0 Å². The molecule has 0 radical (unpaired) electrons. The van der Waals surface area contributed by atoms with Gasteiger partial charge in [-0.3, -0.25) is 4.79 Å². The molecule has 1 aliphatic heterocycles. The summed E-state index contributed by atoms with van der Waals surface area (Å²) in [5, 5.41) is 6.17. The van der Waals surface area contributed by atoms with Gasteiger partial charge in [0, 0.05) is 6.54 Å². The average Bonchev–Trinajstić information content (AvgIpc) is 2.28. The van der Waals surface area contributed by atoms with E-state index in [2.05, 4.69) is 24.5 Å². The molecule has 1 amide bonds. The molecule has 1 aromatic carbocycles. The topological polar surface area (TPSA) is 50.4 Å². The molecule has 0 unspecified atom stereocenters. The highest BCUT2D eigenvalue weighted by Crippen LogP contribution is 2.28. The van der Waals surface area contributed by atoms with E-state index in [0.29, 0.717) is 5.92 Å². The lowest BCUT2D eigenvalue weighted by Gasteiger charge is -2.18. The monoisotopic (exact) mass is 234 g/mol. The van der Waals surface area contributed by atoms with Crippen LogP contribution < -0.4 is 15.4 Å². The minimum Gasteiger partial charge on any atom is -0.482 e. The van der Waals surface area contributed by atoms with Crippen LogP contribution in [0, 0.1) is 5.92 Å². The first kappa shape index (κ1) is 11.9. The largest absolute Gasteiger partial charge is 0.482 e. The summed E-state index contributed by atoms with van der Waals surface area (Å²) >= 11 is 0. The molecule has 1 aliphatic rings. The molecule has 0 fully saturated rings. The van der Waals surface area contributed by atoms with Gasteiger partial charge in [0.15, 0.2) is 6.61 Å². The Morgan fingerprint density at radius 1 is 1.47 bits per heavy atom. The second-order valence-electron chi connectivity index (χ2n) is 4.69. The lowest BCUT2D eigenvalue weighted by molar-refractivity contribution is -0.118. The highest BCUT2D eigenvalue weighted by Gasteiger charge is 2.15. The molecule has 0 atom stereocenters. The maximum Gasteiger partial charge on any atom is 0.262 e. The van der Waals surface area contributed by atoms with Crippen LogP contribution in [0.1, 0.15) is 19.4 Å². The normalized spacial score (nSPS) is 14.2. The number of carbonyl (C=O) groups is 1. The van der Waals surface area contributed by atoms with Crippen molar-refractivity contribution in [3.8, 4) is 5.75 Å². The molecule has 2 N–H and O–H groups in total. The number of rotatable bonds is 4. The second kappa shape index (κ2) is 5.19. The van der Waals surface area contributed by atoms with Gasteiger partial charge in [0.05, 0.1) is 5.69 Å². The Morgan fingerprint density at radius 3 is 3.06 bits per heavy atom. The van der Waals surface area contributed by atoms with E-state index >= 15 is 0 Å². The van der Waals surface area contributed by atoms with Crippen molar-refractivity contribution in [1.29, 1.82) is 0 Å². The van der Waals surface area contributed by atoms with Gasteiger partial charge >= 0.3 is 0 Å². The van der Waals surface area contributed by atoms with Crippen molar-refractivity contribution in [2.45, 2.75) is 20.4 Å². The molecule has 0 bridgehead atoms. The Balaban J connectivity index is 2.00. The summed E-state index contributed by atoms with van der Waals surface area (Å²) in [6, 6.07) is 5.88. The van der Waals surface area contributed by atoms with Crippen molar-refractivity contribution in [2.24, 2.45) is 5.92 Å². The standard InChI is InChI=1S/C13H18N2O2/c1-9(2)6-14-7-10-3-4-12-11(5-10)15-13(16)8-17-12/h3-5,9,14H,6-8H2,1-2H3,(H,15,16). The molecule has 0 saturated carbocycles. The Kier molecular flexibility index (Phi) is 3.64. The van der Waals surface area contributed by atoms with Gasteiger partial charge < -0.3 is 15.4 Å². The fraction of sp³-hybridized carbons (Fsp3) is 0.462. The molecule has 1 aromatic rings. The third kappa shape index (κ3) is 3.20. The first-order valence-corrected chi connectivity index (χ1v) is 5.91. The van der Waals surface area contributed by atoms with E-state index in [0.717, 1.165) is 30.1 Å². The minimum atomic E-state index is -0.0928. The van der Waals surface area contributed by atoms with Crippen LogP contribution in [0.25, 0.3) is 0 Å². The van der Waals surface area contributed by atoms with E-state index in [1.54, 1.807) is 0 Å². The molecule has 92 valence electrons. The van der Waals surface area contributed by atoms with Gasteiger partial charge in [0.2, 0.25) is 0 Å². The number of benzene rings is 1. The zero-order valence-electron chi connectivity index (χ0n) is 10.2. The van der Waals surface area contributed by atoms with E-state index in [1.807, 2.05) is 18.2 Å². The van der Waals surface area contributed by atoms with Crippen LogP contribution in [0.2, 0.25) is 0 Å². The van der Waals surface area contributed by atoms with Gasteiger partial charge in [0.25, 0.3) is 5.91 Å². The maximum absolute atomic E-state index is 11.2. The molecule has 0 aromatic heterocycles. The van der Waals surface area contributed by atoms with Gasteiger partial charge in [-0.2, -0.15) is 0 Å². The van der Waals surface area contributed by atoms with Crippen LogP contribution in [0.3, 0.4) is 0 Å². The summed E-state index contributed by atoms with van der Waals surface area (Å²) in [5.41, 5.74) is 1.92. The van der Waals surface area contributed by atoms with Crippen molar-refractivity contribution in [1.82, 2.24) is 5.32 Å². The summed E-state index contributed by atoms with van der Waals surface area (Å²) < 4.78 is 5.30. The zero-order valence-corrected chi connectivity index (χ0v) is 10.2. The molecule has 0 saturated heterocycles. The maximum atomic E-state index is 11.2. The highest BCUT2D eigenvalue weighted by atomic mass is 16.5. The Hall–Kier alpha value is -1.55. The lowest BCUT2D eigenvalue weighted by Crippen LogP contribution is -2.25. The Morgan fingerprint density at radius 2 is 2.29 bits per heavy atom. The van der Waals surface area contributed by atoms with Gasteiger partial charge in [-0.25, -0.2) is 0 Å². The van der Waals surface area contributed by atoms with Gasteiger partial charge in [-0.05, 0) is 30.2 Å². The first-order valence-electron chi connectivity index (χ1n) is 5.91. The van der Waals surface area contributed by atoms with Crippen LogP contribution in [0.5, 0.6) is 5.75 Å². The van der Waals surface area contributed by atoms with Gasteiger partial charge in [-0.1, -0.05) is 19.9 Å². The third-order valence-electron chi connectivity index (χ3n) is 2.56. The number of fused-ring (bicyclic) bond motifs is 1. The van der Waals surface area contributed by atoms with E-state index in [-0.39, 0.29) is 12.5 Å². The second-order valence-corrected chi connectivity index (χ2v) is 4.69. The van der Waals surface area contributed by atoms with Crippen molar-refractivity contribution in [2.75, 3.05) is 18.5 Å². The van der Waals surface area contributed by atoms with Crippen LogP contribution in [-0.4, -0.2) is 19.1 Å². The fourth-order valence-corrected chi connectivity index (χ4v) is 1.75. The molecule has 4 heteroatoms. The molecule has 0 aliphatic carbocycles. The molecule has 1 heterocycles. The first-order chi connectivity index (χ1) is 8.15. The number of nitrogens with one attached hydrogen (secondary N) is 2. The molecule has 0 spiro atoms. The lowest BCUT2D eigenvalue weighted by atomic mass is 10.1. The van der Waals surface area contributed by atoms with Crippen molar-refractivity contribution < 1.29 is 9.53 Å². The van der Waals surface area contributed by atoms with Crippen molar-refractivity contribution in [3.05, 3.63) is 23.8 Å². The quantitative estimate of drug-likeness (QED) is 0.834. The summed E-state index contributed by atoms with van der Waals surface area (Å²) in [4.78, 5) is 11.2. The summed E-state index contributed by atoms with van der Waals surface area (Å²) in [5.74, 6) is 1.29. The summed E-state index contributed by atoms with van der Waals surface area (Å²) in [6.07, 6.45) is 0. The van der Waals surface area contributed by atoms with Crippen molar-refractivity contribution >= 4 is 11.6 Å². The molecule has 4 nitrogen and oxygen atoms in total. The number of anilines is 1. The average molecular weight is 234 g/mol. The molecule has 17 heavy (non-hydrogen) atoms. The summed E-state index contributed by atoms with van der Waals surface area (Å²) in [6.45, 7) is 6.25. The van der Waals surface area contributed by atoms with Crippen LogP contribution in [0.4, 0.5) is 5.69 Å². The van der Waals surface area contributed by atoms with Crippen LogP contribution >= 0.6 is 0 Å². The fourth-order valence-electron chi connectivity index (χ4n) is 1.75. The smallest absolute Gasteiger partial charge is 0.262 e. The van der Waals surface area contributed by atoms with E-state index in [9.17, 15) is 4.79 Å². The van der Waals surface area contributed by atoms with Crippen LogP contribution in [-0.2, 0) is 11.3 Å². The third-order valence-corrected chi connectivity index (χ3v) is 2.56. The number of hydrogen-bond donors (Lipinski definition) is 2. The van der Waals surface area contributed by atoms with E-state index < -0.39 is 0 Å². The van der Waals surface area contributed by atoms with E-state index in [1.165, 1.54) is 0 Å². The van der Waals surface area contributed by atoms with E-state index in [4.69, 9.17) is 4.74 Å².